The van der Waals surface area contributed by atoms with Gasteiger partial charge in [-0.15, -0.1) is 5.10 Å². The molecule has 1 aliphatic heterocycles. The number of H-pyrrole nitrogens is 1. The van der Waals surface area contributed by atoms with Crippen LogP contribution in [-0.4, -0.2) is 86.7 Å². The molecule has 0 unspecified atom stereocenters. The van der Waals surface area contributed by atoms with Crippen LogP contribution < -0.4 is 4.74 Å². The lowest BCUT2D eigenvalue weighted by Crippen LogP contribution is -2.51. The van der Waals surface area contributed by atoms with Crippen molar-refractivity contribution in [1.29, 1.82) is 0 Å². The number of likely N-dealkylation sites (N-methyl/N-ethyl adjacent to an activating group) is 1. The van der Waals surface area contributed by atoms with Gasteiger partial charge >= 0.3 is 0 Å². The first-order chi connectivity index (χ1) is 18.4. The van der Waals surface area contributed by atoms with Gasteiger partial charge in [-0.2, -0.15) is 0 Å². The van der Waals surface area contributed by atoms with Crippen molar-refractivity contribution < 1.29 is 13.9 Å². The highest BCUT2D eigenvalue weighted by Crippen LogP contribution is 2.31. The van der Waals surface area contributed by atoms with Gasteiger partial charge < -0.3 is 14.6 Å². The number of hydrogen-bond donors (Lipinski definition) is 1. The third-order valence-electron chi connectivity index (χ3n) is 7.36. The second-order valence-corrected chi connectivity index (χ2v) is 9.95. The van der Waals surface area contributed by atoms with E-state index < -0.39 is 5.82 Å². The summed E-state index contributed by atoms with van der Waals surface area (Å²) in [5.74, 6) is 0.661. The SMILES string of the molecule is CC[C@@H](C(=O)Cc1cccc2c(-c3nc(Cc4cn(C)nc4OC)ncc3F)c[nH]c12)N1CCN(C)CC1. The number of ether oxygens (including phenoxy) is 1. The fourth-order valence-electron chi connectivity index (χ4n) is 5.35. The quantitative estimate of drug-likeness (QED) is 0.363. The van der Waals surface area contributed by atoms with Gasteiger partial charge in [-0.3, -0.25) is 14.4 Å². The highest BCUT2D eigenvalue weighted by Gasteiger charge is 2.27. The topological polar surface area (TPSA) is 92.2 Å². The number of rotatable bonds is 9. The molecule has 1 aliphatic rings. The number of nitrogens with zero attached hydrogens (tertiary/aromatic N) is 6. The minimum absolute atomic E-state index is 0.0975. The first kappa shape index (κ1) is 26.0. The summed E-state index contributed by atoms with van der Waals surface area (Å²) in [7, 11) is 5.48. The van der Waals surface area contributed by atoms with Gasteiger partial charge in [0.2, 0.25) is 5.88 Å². The standard InChI is InChI=1S/C28H34FN7O2/c1-5-23(36-11-9-34(2)10-12-36)24(37)13-18-7-6-8-20-21(15-31-26(18)20)27-22(29)16-30-25(32-27)14-19-17-35(3)33-28(19)38-4/h6-8,15-17,23,31H,5,9-14H2,1-4H3/t23-/m0/s1. The Kier molecular flexibility index (Phi) is 7.53. The molecule has 0 saturated carbocycles. The van der Waals surface area contributed by atoms with Crippen molar-refractivity contribution in [3.8, 4) is 17.1 Å². The fraction of sp³-hybridized carbons (Fsp3) is 0.429. The number of aryl methyl sites for hydroxylation is 1. The van der Waals surface area contributed by atoms with Gasteiger partial charge in [0.05, 0.1) is 19.3 Å². The van der Waals surface area contributed by atoms with Gasteiger partial charge in [0.15, 0.2) is 11.6 Å². The number of benzene rings is 1. The summed E-state index contributed by atoms with van der Waals surface area (Å²) in [6, 6.07) is 5.71. The summed E-state index contributed by atoms with van der Waals surface area (Å²) in [5.41, 5.74) is 3.41. The molecule has 1 fully saturated rings. The largest absolute Gasteiger partial charge is 0.480 e. The molecule has 0 bridgehead atoms. The van der Waals surface area contributed by atoms with E-state index in [9.17, 15) is 4.79 Å². The highest BCUT2D eigenvalue weighted by atomic mass is 19.1. The van der Waals surface area contributed by atoms with Gasteiger partial charge in [-0.05, 0) is 19.0 Å². The van der Waals surface area contributed by atoms with Crippen molar-refractivity contribution in [2.24, 2.45) is 7.05 Å². The fourth-order valence-corrected chi connectivity index (χ4v) is 5.35. The molecule has 1 aromatic carbocycles. The van der Waals surface area contributed by atoms with Crippen LogP contribution in [0.3, 0.4) is 0 Å². The average Bonchev–Trinajstić information content (AvgIpc) is 3.50. The van der Waals surface area contributed by atoms with Gasteiger partial charge in [0.1, 0.15) is 11.5 Å². The highest BCUT2D eigenvalue weighted by molar-refractivity contribution is 5.98. The zero-order chi connectivity index (χ0) is 26.8. The van der Waals surface area contributed by atoms with Crippen LogP contribution in [0.15, 0.2) is 36.8 Å². The van der Waals surface area contributed by atoms with Crippen LogP contribution >= 0.6 is 0 Å². The number of piperazine rings is 1. The molecule has 10 heteroatoms. The number of carbonyl (C=O) groups excluding carboxylic acids is 1. The molecule has 1 atom stereocenters. The van der Waals surface area contributed by atoms with E-state index in [4.69, 9.17) is 4.74 Å². The number of carbonyl (C=O) groups is 1. The molecule has 4 aromatic rings. The summed E-state index contributed by atoms with van der Waals surface area (Å²) in [6.45, 7) is 5.82. The Bertz CT molecular complexity index is 1440. The summed E-state index contributed by atoms with van der Waals surface area (Å²) in [6.07, 6.45) is 6.26. The van der Waals surface area contributed by atoms with Gasteiger partial charge in [-0.25, -0.2) is 14.4 Å². The van der Waals surface area contributed by atoms with Crippen LogP contribution in [0.25, 0.3) is 22.2 Å². The van der Waals surface area contributed by atoms with Crippen LogP contribution in [0, 0.1) is 5.82 Å². The van der Waals surface area contributed by atoms with E-state index in [2.05, 4.69) is 43.8 Å². The van der Waals surface area contributed by atoms with Crippen molar-refractivity contribution in [3.05, 3.63) is 59.6 Å². The normalized spacial score (nSPS) is 15.7. The van der Waals surface area contributed by atoms with Crippen LogP contribution in [-0.2, 0) is 24.7 Å². The summed E-state index contributed by atoms with van der Waals surface area (Å²) >= 11 is 0. The lowest BCUT2D eigenvalue weighted by atomic mass is 9.97. The molecule has 0 aliphatic carbocycles. The second kappa shape index (κ2) is 11.0. The molecule has 9 nitrogen and oxygen atoms in total. The number of methoxy groups -OCH3 is 1. The first-order valence-electron chi connectivity index (χ1n) is 13.0. The number of ketones is 1. The molecular formula is C28H34FN7O2. The lowest BCUT2D eigenvalue weighted by Gasteiger charge is -2.37. The molecular weight excluding hydrogens is 485 g/mol. The average molecular weight is 520 g/mol. The van der Waals surface area contributed by atoms with Crippen LogP contribution in [0.4, 0.5) is 4.39 Å². The Balaban J connectivity index is 1.41. The predicted molar refractivity (Wildman–Crippen MR) is 144 cm³/mol. The van der Waals surface area contributed by atoms with E-state index in [1.165, 1.54) is 6.20 Å². The molecule has 1 N–H and O–H groups in total. The maximum atomic E-state index is 15.0. The van der Waals surface area contributed by atoms with Crippen molar-refractivity contribution in [2.45, 2.75) is 32.2 Å². The van der Waals surface area contributed by atoms with Crippen molar-refractivity contribution in [3.63, 3.8) is 0 Å². The number of halogens is 1. The Labute approximate surface area is 221 Å². The molecule has 3 aromatic heterocycles. The van der Waals surface area contributed by atoms with Gasteiger partial charge in [-0.1, -0.05) is 25.1 Å². The molecule has 0 radical (unpaired) electrons. The third-order valence-corrected chi connectivity index (χ3v) is 7.36. The van der Waals surface area contributed by atoms with Crippen molar-refractivity contribution in [2.75, 3.05) is 40.3 Å². The summed E-state index contributed by atoms with van der Waals surface area (Å²) in [4.78, 5) is 30.1. The molecule has 0 spiro atoms. The Morgan fingerprint density at radius 3 is 2.71 bits per heavy atom. The number of nitrogens with one attached hydrogen (secondary N) is 1. The third kappa shape index (κ3) is 5.19. The summed E-state index contributed by atoms with van der Waals surface area (Å²) in [5, 5.41) is 5.09. The Hall–Kier alpha value is -3.63. The van der Waals surface area contributed by atoms with Gasteiger partial charge in [0.25, 0.3) is 0 Å². The van der Waals surface area contributed by atoms with E-state index in [1.807, 2.05) is 31.4 Å². The zero-order valence-electron chi connectivity index (χ0n) is 22.4. The van der Waals surface area contributed by atoms with Crippen molar-refractivity contribution in [1.82, 2.24) is 34.5 Å². The number of fused-ring (bicyclic) bond motifs is 1. The van der Waals surface area contributed by atoms with Crippen LogP contribution in [0.5, 0.6) is 5.88 Å². The van der Waals surface area contributed by atoms with Crippen LogP contribution in [0.2, 0.25) is 0 Å². The Morgan fingerprint density at radius 2 is 1.97 bits per heavy atom. The van der Waals surface area contributed by atoms with E-state index in [-0.39, 0.29) is 17.5 Å². The maximum absolute atomic E-state index is 15.0. The molecule has 1 saturated heterocycles. The Morgan fingerprint density at radius 1 is 1.18 bits per heavy atom. The number of hydrogen-bond acceptors (Lipinski definition) is 7. The predicted octanol–water partition coefficient (Wildman–Crippen LogP) is 3.23. The minimum atomic E-state index is -0.504. The maximum Gasteiger partial charge on any atom is 0.236 e. The lowest BCUT2D eigenvalue weighted by molar-refractivity contribution is -0.124. The molecule has 200 valence electrons. The first-order valence-corrected chi connectivity index (χ1v) is 13.0. The van der Waals surface area contributed by atoms with E-state index >= 15 is 4.39 Å². The number of Topliss-reactive ketones (excluding diaryl/α,β-unsaturated/α-hetero) is 1. The minimum Gasteiger partial charge on any atom is -0.480 e. The second-order valence-electron chi connectivity index (χ2n) is 9.95. The van der Waals surface area contributed by atoms with E-state index in [0.717, 1.165) is 54.6 Å². The van der Waals surface area contributed by atoms with Crippen LogP contribution in [0.1, 0.15) is 30.3 Å². The molecule has 4 heterocycles. The zero-order valence-corrected chi connectivity index (χ0v) is 22.4. The number of aromatic nitrogens is 5. The monoisotopic (exact) mass is 519 g/mol. The number of para-hydroxylation sites is 1. The van der Waals surface area contributed by atoms with Crippen molar-refractivity contribution >= 4 is 16.7 Å². The molecule has 38 heavy (non-hydrogen) atoms. The number of aromatic amines is 1. The van der Waals surface area contributed by atoms with E-state index in [1.54, 1.807) is 18.0 Å². The summed E-state index contributed by atoms with van der Waals surface area (Å²) < 4.78 is 22.0. The van der Waals surface area contributed by atoms with Gasteiger partial charge in [0, 0.05) is 80.5 Å². The van der Waals surface area contributed by atoms with E-state index in [0.29, 0.717) is 30.1 Å². The smallest absolute Gasteiger partial charge is 0.236 e. The molecule has 5 rings (SSSR count). The molecule has 0 amide bonds.